The fourth-order valence-electron chi connectivity index (χ4n) is 5.74. The summed E-state index contributed by atoms with van der Waals surface area (Å²) in [5.74, 6) is 0.191. The molecule has 6 rings (SSSR count). The second-order valence-corrected chi connectivity index (χ2v) is 13.2. The number of hydrogen-bond acceptors (Lipinski definition) is 6. The van der Waals surface area contributed by atoms with E-state index >= 15 is 0 Å². The summed E-state index contributed by atoms with van der Waals surface area (Å²) in [6.45, 7) is 8.08. The number of carbonyl (C=O) groups is 1. The third-order valence-electron chi connectivity index (χ3n) is 7.96. The average Bonchev–Trinajstić information content (AvgIpc) is 3.50. The van der Waals surface area contributed by atoms with Gasteiger partial charge in [0, 0.05) is 22.1 Å². The Morgan fingerprint density at radius 3 is 2.40 bits per heavy atom. The number of aryl methyl sites for hydroxylation is 1. The minimum Gasteiger partial charge on any atom is -0.489 e. The third-order valence-corrected chi connectivity index (χ3v) is 10.0. The van der Waals surface area contributed by atoms with Crippen LogP contribution in [0.2, 0.25) is 15.1 Å². The number of benzene rings is 3. The highest BCUT2D eigenvalue weighted by Gasteiger charge is 2.34. The Hall–Kier alpha value is -4.08. The Labute approximate surface area is 290 Å². The van der Waals surface area contributed by atoms with Crippen molar-refractivity contribution in [2.45, 2.75) is 40.3 Å². The fraction of sp³-hybridized carbons (Fsp3) is 0.194. The van der Waals surface area contributed by atoms with Crippen LogP contribution < -0.4 is 19.6 Å². The number of nitrogens with zero attached hydrogens (tertiary/aromatic N) is 3. The van der Waals surface area contributed by atoms with E-state index in [1.807, 2.05) is 74.5 Å². The van der Waals surface area contributed by atoms with E-state index in [4.69, 9.17) is 44.3 Å². The predicted molar refractivity (Wildman–Crippen MR) is 188 cm³/mol. The smallest absolute Gasteiger partial charge is 0.338 e. The van der Waals surface area contributed by atoms with Crippen molar-refractivity contribution in [2.24, 2.45) is 4.99 Å². The molecule has 0 saturated carbocycles. The summed E-state index contributed by atoms with van der Waals surface area (Å²) in [5.41, 5.74) is 5.87. The van der Waals surface area contributed by atoms with Gasteiger partial charge in [-0.2, -0.15) is 0 Å². The van der Waals surface area contributed by atoms with Gasteiger partial charge in [0.2, 0.25) is 0 Å². The molecule has 1 aliphatic rings. The molecule has 0 unspecified atom stereocenters. The van der Waals surface area contributed by atoms with Crippen LogP contribution in [0.5, 0.6) is 5.75 Å². The van der Waals surface area contributed by atoms with Crippen molar-refractivity contribution < 1.29 is 14.3 Å². The molecule has 5 aromatic rings. The van der Waals surface area contributed by atoms with Gasteiger partial charge in [-0.3, -0.25) is 9.36 Å². The first kappa shape index (κ1) is 32.8. The second-order valence-electron chi connectivity index (χ2n) is 11.0. The van der Waals surface area contributed by atoms with Crippen molar-refractivity contribution in [3.05, 3.63) is 147 Å². The van der Waals surface area contributed by atoms with Gasteiger partial charge in [-0.25, -0.2) is 9.79 Å². The fourth-order valence-corrected chi connectivity index (χ4v) is 7.34. The average molecular weight is 707 g/mol. The first-order chi connectivity index (χ1) is 22.6. The summed E-state index contributed by atoms with van der Waals surface area (Å²) in [5, 5.41) is 1.44. The number of allylic oxidation sites excluding steroid dienone is 1. The molecule has 11 heteroatoms. The summed E-state index contributed by atoms with van der Waals surface area (Å²) in [4.78, 5) is 32.4. The molecule has 47 heavy (non-hydrogen) atoms. The molecular weight excluding hydrogens is 677 g/mol. The lowest BCUT2D eigenvalue weighted by atomic mass is 9.96. The Bertz CT molecular complexity index is 2230. The number of halogens is 3. The van der Waals surface area contributed by atoms with Gasteiger partial charge in [-0.15, -0.1) is 0 Å². The van der Waals surface area contributed by atoms with Crippen LogP contribution in [-0.4, -0.2) is 21.7 Å². The molecule has 240 valence electrons. The van der Waals surface area contributed by atoms with Crippen LogP contribution in [0.15, 0.2) is 93.9 Å². The van der Waals surface area contributed by atoms with Crippen LogP contribution in [0, 0.1) is 13.8 Å². The number of aromatic nitrogens is 2. The van der Waals surface area contributed by atoms with E-state index < -0.39 is 12.0 Å². The Morgan fingerprint density at radius 2 is 1.70 bits per heavy atom. The molecule has 0 spiro atoms. The van der Waals surface area contributed by atoms with Crippen molar-refractivity contribution in [3.8, 4) is 11.4 Å². The predicted octanol–water partition coefficient (Wildman–Crippen LogP) is 7.75. The molecule has 0 aliphatic carbocycles. The van der Waals surface area contributed by atoms with E-state index in [9.17, 15) is 9.59 Å². The minimum absolute atomic E-state index is 0.194. The van der Waals surface area contributed by atoms with Crippen LogP contribution >= 0.6 is 46.1 Å². The number of esters is 1. The van der Waals surface area contributed by atoms with Crippen LogP contribution in [0.3, 0.4) is 0 Å². The molecule has 1 aliphatic heterocycles. The van der Waals surface area contributed by atoms with Crippen LogP contribution in [0.1, 0.15) is 48.0 Å². The number of thiazole rings is 1. The van der Waals surface area contributed by atoms with E-state index in [1.165, 1.54) is 11.3 Å². The quantitative estimate of drug-likeness (QED) is 0.155. The highest BCUT2D eigenvalue weighted by Crippen LogP contribution is 2.34. The van der Waals surface area contributed by atoms with Gasteiger partial charge < -0.3 is 14.0 Å². The van der Waals surface area contributed by atoms with Crippen molar-refractivity contribution in [2.75, 3.05) is 6.61 Å². The largest absolute Gasteiger partial charge is 0.489 e. The van der Waals surface area contributed by atoms with Crippen molar-refractivity contribution in [1.29, 1.82) is 0 Å². The molecule has 2 aromatic heterocycles. The lowest BCUT2D eigenvalue weighted by molar-refractivity contribution is -0.139. The van der Waals surface area contributed by atoms with Gasteiger partial charge in [-0.1, -0.05) is 70.4 Å². The van der Waals surface area contributed by atoms with Crippen molar-refractivity contribution in [1.82, 2.24) is 9.13 Å². The minimum atomic E-state index is -0.772. The molecule has 3 heterocycles. The lowest BCUT2D eigenvalue weighted by Gasteiger charge is -2.25. The molecule has 0 bridgehead atoms. The number of fused-ring (bicyclic) bond motifs is 1. The molecule has 0 radical (unpaired) electrons. The standard InChI is InChI=1S/C36H30Cl3N3O4S/c1-5-45-35(44)32-21(3)40-36-42(33(32)27-8-6-7-9-28(27)37)34(43)31(47-36)18-24-16-20(2)41(22(24)4)25-11-13-26(14-12-25)46-19-23-10-15-29(38)30(39)17-23/h6-18,33H,5,19H2,1-4H3/b31-18-/t33-/m0/s1. The zero-order valence-corrected chi connectivity index (χ0v) is 29.1. The van der Waals surface area contributed by atoms with Gasteiger partial charge in [0.15, 0.2) is 4.80 Å². The SMILES string of the molecule is CCOC(=O)C1=C(C)N=c2s/c(=C\c3cc(C)n(-c4ccc(OCc5ccc(Cl)c(Cl)c5)cc4)c3C)c(=O)n2[C@H]1c1ccccc1Cl. The van der Waals surface area contributed by atoms with Crippen LogP contribution in [0.4, 0.5) is 0 Å². The van der Waals surface area contributed by atoms with Gasteiger partial charge in [0.1, 0.15) is 18.4 Å². The Kier molecular flexibility index (Phi) is 9.48. The molecule has 3 aromatic carbocycles. The molecule has 1 atom stereocenters. The molecule has 0 N–H and O–H groups in total. The number of ether oxygens (including phenoxy) is 2. The maximum absolute atomic E-state index is 14.1. The van der Waals surface area contributed by atoms with E-state index in [-0.39, 0.29) is 12.2 Å². The van der Waals surface area contributed by atoms with Gasteiger partial charge in [-0.05, 0) is 99.0 Å². The highest BCUT2D eigenvalue weighted by molar-refractivity contribution is 7.07. The Morgan fingerprint density at radius 1 is 0.957 bits per heavy atom. The van der Waals surface area contributed by atoms with Crippen molar-refractivity contribution in [3.63, 3.8) is 0 Å². The molecule has 0 fully saturated rings. The van der Waals surface area contributed by atoms with E-state index in [0.29, 0.717) is 53.6 Å². The topological polar surface area (TPSA) is 74.8 Å². The summed E-state index contributed by atoms with van der Waals surface area (Å²) >= 11 is 20.1. The van der Waals surface area contributed by atoms with E-state index in [2.05, 4.69) is 9.56 Å². The second kappa shape index (κ2) is 13.6. The van der Waals surface area contributed by atoms with Crippen LogP contribution in [0.25, 0.3) is 11.8 Å². The first-order valence-corrected chi connectivity index (χ1v) is 16.8. The van der Waals surface area contributed by atoms with E-state index in [1.54, 1.807) is 36.6 Å². The third kappa shape index (κ3) is 6.43. The first-order valence-electron chi connectivity index (χ1n) is 14.9. The number of rotatable bonds is 8. The zero-order valence-electron chi connectivity index (χ0n) is 26.0. The Balaban J connectivity index is 1.34. The summed E-state index contributed by atoms with van der Waals surface area (Å²) in [7, 11) is 0. The van der Waals surface area contributed by atoms with Crippen LogP contribution in [-0.2, 0) is 16.1 Å². The summed E-state index contributed by atoms with van der Waals surface area (Å²) in [6.07, 6.45) is 1.88. The molecule has 0 saturated heterocycles. The summed E-state index contributed by atoms with van der Waals surface area (Å²) < 4.78 is 15.5. The maximum Gasteiger partial charge on any atom is 0.338 e. The zero-order chi connectivity index (χ0) is 33.4. The molecule has 7 nitrogen and oxygen atoms in total. The maximum atomic E-state index is 14.1. The number of hydrogen-bond donors (Lipinski definition) is 0. The molecular formula is C36H30Cl3N3O4S. The van der Waals surface area contributed by atoms with Gasteiger partial charge in [0.25, 0.3) is 5.56 Å². The monoisotopic (exact) mass is 705 g/mol. The number of carbonyl (C=O) groups excluding carboxylic acids is 1. The van der Waals surface area contributed by atoms with Gasteiger partial charge in [0.05, 0.1) is 32.5 Å². The van der Waals surface area contributed by atoms with Gasteiger partial charge >= 0.3 is 5.97 Å². The highest BCUT2D eigenvalue weighted by atomic mass is 35.5. The van der Waals surface area contributed by atoms with Crippen molar-refractivity contribution >= 4 is 58.2 Å². The lowest BCUT2D eigenvalue weighted by Crippen LogP contribution is -2.40. The summed E-state index contributed by atoms with van der Waals surface area (Å²) in [6, 6.07) is 21.7. The molecule has 0 amide bonds. The van der Waals surface area contributed by atoms with E-state index in [0.717, 1.165) is 28.2 Å². The normalized spacial score (nSPS) is 14.6.